The Morgan fingerprint density at radius 3 is 2.29 bits per heavy atom. The number of hydrogen-bond acceptors (Lipinski definition) is 7. The van der Waals surface area contributed by atoms with Crippen LogP contribution in [-0.4, -0.2) is 51.1 Å². The van der Waals surface area contributed by atoms with Crippen LogP contribution in [0.1, 0.15) is 113 Å². The molecule has 41 heavy (non-hydrogen) atoms. The minimum atomic E-state index is -2.00. The molecule has 0 unspecified atom stereocenters. The van der Waals surface area contributed by atoms with Crippen LogP contribution < -0.4 is 0 Å². The summed E-state index contributed by atoms with van der Waals surface area (Å²) in [6, 6.07) is 0. The average molecular weight is 595 g/mol. The van der Waals surface area contributed by atoms with E-state index in [9.17, 15) is 14.4 Å². The molecule has 3 fully saturated rings. The van der Waals surface area contributed by atoms with Crippen LogP contribution in [0.15, 0.2) is 0 Å². The predicted octanol–water partition coefficient (Wildman–Crippen LogP) is 7.46. The van der Waals surface area contributed by atoms with Crippen molar-refractivity contribution in [3.05, 3.63) is 0 Å². The lowest BCUT2D eigenvalue weighted by Crippen LogP contribution is -2.50. The van der Waals surface area contributed by atoms with Crippen molar-refractivity contribution < 1.29 is 33.0 Å². The number of esters is 3. The summed E-state index contributed by atoms with van der Waals surface area (Å²) < 4.78 is 24.2. The van der Waals surface area contributed by atoms with Gasteiger partial charge < -0.3 is 18.6 Å². The molecule has 0 amide bonds. The minimum Gasteiger partial charge on any atom is -0.466 e. The Bertz CT molecular complexity index is 923. The molecular weight excluding hydrogens is 536 g/mol. The van der Waals surface area contributed by atoms with Crippen molar-refractivity contribution in [3.8, 4) is 0 Å². The molecule has 0 radical (unpaired) electrons. The molecule has 0 aromatic heterocycles. The molecule has 3 aliphatic rings. The summed E-state index contributed by atoms with van der Waals surface area (Å²) in [6.07, 6.45) is 6.32. The van der Waals surface area contributed by atoms with E-state index < -0.39 is 13.7 Å². The van der Waals surface area contributed by atoms with Crippen molar-refractivity contribution >= 4 is 26.2 Å². The maximum atomic E-state index is 13.3. The van der Waals surface area contributed by atoms with Crippen molar-refractivity contribution in [1.82, 2.24) is 0 Å². The van der Waals surface area contributed by atoms with Gasteiger partial charge in [-0.05, 0) is 95.2 Å². The van der Waals surface area contributed by atoms with Gasteiger partial charge in [-0.25, -0.2) is 0 Å². The third-order valence-corrected chi connectivity index (χ3v) is 15.5. The highest BCUT2D eigenvalue weighted by atomic mass is 28.4. The maximum Gasteiger partial charge on any atom is 0.311 e. The molecule has 0 bridgehead atoms. The number of rotatable bonds is 10. The lowest BCUT2D eigenvalue weighted by atomic mass is 9.57. The lowest BCUT2D eigenvalue weighted by molar-refractivity contribution is -0.178. The van der Waals surface area contributed by atoms with Gasteiger partial charge in [-0.2, -0.15) is 0 Å². The van der Waals surface area contributed by atoms with Gasteiger partial charge in [0, 0.05) is 12.3 Å². The van der Waals surface area contributed by atoms with Gasteiger partial charge in [0.25, 0.3) is 0 Å². The van der Waals surface area contributed by atoms with E-state index in [2.05, 4.69) is 40.8 Å². The van der Waals surface area contributed by atoms with Gasteiger partial charge in [0.05, 0.1) is 30.5 Å². The summed E-state index contributed by atoms with van der Waals surface area (Å²) in [4.78, 5) is 38.7. The van der Waals surface area contributed by atoms with Crippen LogP contribution in [0.25, 0.3) is 0 Å². The first-order valence-corrected chi connectivity index (χ1v) is 19.1. The molecule has 1 saturated heterocycles. The molecule has 2 saturated carbocycles. The van der Waals surface area contributed by atoms with Gasteiger partial charge >= 0.3 is 17.9 Å². The summed E-state index contributed by atoms with van der Waals surface area (Å²) >= 11 is 0. The van der Waals surface area contributed by atoms with Crippen LogP contribution in [0.4, 0.5) is 0 Å². The van der Waals surface area contributed by atoms with Gasteiger partial charge in [0.2, 0.25) is 0 Å². The lowest BCUT2D eigenvalue weighted by Gasteiger charge is -2.50. The van der Waals surface area contributed by atoms with E-state index in [1.54, 1.807) is 0 Å². The van der Waals surface area contributed by atoms with E-state index in [4.69, 9.17) is 18.6 Å². The molecule has 3 rings (SSSR count). The van der Waals surface area contributed by atoms with E-state index in [0.717, 1.165) is 38.5 Å². The number of cyclic esters (lactones) is 1. The van der Waals surface area contributed by atoms with Crippen LogP contribution >= 0.6 is 0 Å². The molecule has 8 heteroatoms. The Hall–Kier alpha value is -1.41. The Kier molecular flexibility index (Phi) is 11.2. The van der Waals surface area contributed by atoms with Crippen LogP contribution in [-0.2, 0) is 33.0 Å². The predicted molar refractivity (Wildman–Crippen MR) is 163 cm³/mol. The fourth-order valence-electron chi connectivity index (χ4n) is 6.95. The summed E-state index contributed by atoms with van der Waals surface area (Å²) in [5.41, 5.74) is -0.572. The van der Waals surface area contributed by atoms with Crippen molar-refractivity contribution in [3.63, 3.8) is 0 Å². The van der Waals surface area contributed by atoms with Gasteiger partial charge in [0.15, 0.2) is 8.32 Å². The van der Waals surface area contributed by atoms with Crippen molar-refractivity contribution in [2.75, 3.05) is 6.61 Å². The monoisotopic (exact) mass is 594 g/mol. The standard InChI is InChI=1S/C33H58O7Si/c1-11-33(7,8)31(36)39-27-18-23(30(35)37-12-2)17-22-14-13-21(3)26(29(22)27)16-15-24-19-25(20-28(34)38-24)40-41(9,10)32(4,5)6/h21-27,29H,11-20H2,1-10H3/t21-,22-,23-,24+,25+,26-,27-,29-/m0/s1. The summed E-state index contributed by atoms with van der Waals surface area (Å²) in [7, 11) is -2.00. The molecule has 236 valence electrons. The molecule has 7 nitrogen and oxygen atoms in total. The smallest absolute Gasteiger partial charge is 0.311 e. The normalized spacial score (nSPS) is 33.0. The van der Waals surface area contributed by atoms with Gasteiger partial charge in [0.1, 0.15) is 12.2 Å². The van der Waals surface area contributed by atoms with Gasteiger partial charge in [-0.1, -0.05) is 41.0 Å². The zero-order chi connectivity index (χ0) is 30.8. The first kappa shape index (κ1) is 34.1. The molecule has 8 atom stereocenters. The minimum absolute atomic E-state index is 0.0809. The zero-order valence-corrected chi connectivity index (χ0v) is 28.5. The number of fused-ring (bicyclic) bond motifs is 1. The zero-order valence-electron chi connectivity index (χ0n) is 27.5. The van der Waals surface area contributed by atoms with E-state index >= 15 is 0 Å². The van der Waals surface area contributed by atoms with Crippen LogP contribution in [0, 0.1) is 35.0 Å². The molecule has 0 N–H and O–H groups in total. The first-order chi connectivity index (χ1) is 19.0. The van der Waals surface area contributed by atoms with Gasteiger partial charge in [-0.3, -0.25) is 14.4 Å². The average Bonchev–Trinajstić information content (AvgIpc) is 2.86. The molecule has 0 spiro atoms. The molecular formula is C33H58O7Si. The molecule has 1 heterocycles. The molecule has 0 aromatic carbocycles. The summed E-state index contributed by atoms with van der Waals surface area (Å²) in [5, 5.41) is 0.0809. The van der Waals surface area contributed by atoms with E-state index in [0.29, 0.717) is 43.6 Å². The quantitative estimate of drug-likeness (QED) is 0.147. The third kappa shape index (κ3) is 8.36. The summed E-state index contributed by atoms with van der Waals surface area (Å²) in [5.74, 6) is 0.554. The molecule has 2 aliphatic carbocycles. The van der Waals surface area contributed by atoms with Gasteiger partial charge in [-0.15, -0.1) is 0 Å². The fourth-order valence-corrected chi connectivity index (χ4v) is 8.31. The Labute approximate surface area is 250 Å². The van der Waals surface area contributed by atoms with Crippen LogP contribution in [0.2, 0.25) is 18.1 Å². The largest absolute Gasteiger partial charge is 0.466 e. The highest BCUT2D eigenvalue weighted by Crippen LogP contribution is 2.51. The maximum absolute atomic E-state index is 13.3. The van der Waals surface area contributed by atoms with E-state index in [1.165, 1.54) is 0 Å². The van der Waals surface area contributed by atoms with E-state index in [-0.39, 0.29) is 53.1 Å². The second-order valence-corrected chi connectivity index (χ2v) is 20.0. The second-order valence-electron chi connectivity index (χ2n) is 15.3. The van der Waals surface area contributed by atoms with Crippen molar-refractivity contribution in [1.29, 1.82) is 0 Å². The van der Waals surface area contributed by atoms with Crippen molar-refractivity contribution in [2.45, 2.75) is 150 Å². The highest BCUT2D eigenvalue weighted by Gasteiger charge is 2.50. The van der Waals surface area contributed by atoms with E-state index in [1.807, 2.05) is 27.7 Å². The Balaban J connectivity index is 1.77. The highest BCUT2D eigenvalue weighted by molar-refractivity contribution is 6.74. The van der Waals surface area contributed by atoms with Crippen molar-refractivity contribution in [2.24, 2.45) is 35.0 Å². The second kappa shape index (κ2) is 13.5. The number of hydrogen-bond donors (Lipinski definition) is 0. The Morgan fingerprint density at radius 2 is 1.68 bits per heavy atom. The topological polar surface area (TPSA) is 88.1 Å². The fraction of sp³-hybridized carbons (Fsp3) is 0.909. The SMILES string of the molecule is CCOC(=O)[C@H]1C[C@@H]2CC[C@H](C)[C@H](CC[C@@H]3C[C@@H](O[Si](C)(C)C(C)(C)C)CC(=O)O3)[C@H]2[C@@H](OC(=O)C(C)(C)CC)C1. The Morgan fingerprint density at radius 1 is 1.00 bits per heavy atom. The first-order valence-electron chi connectivity index (χ1n) is 16.2. The number of carbonyl (C=O) groups is 3. The third-order valence-electron chi connectivity index (χ3n) is 10.9. The molecule has 1 aliphatic heterocycles. The van der Waals surface area contributed by atoms with Crippen LogP contribution in [0.3, 0.4) is 0 Å². The summed E-state index contributed by atoms with van der Waals surface area (Å²) in [6.45, 7) is 21.5. The number of ether oxygens (including phenoxy) is 3. The van der Waals surface area contributed by atoms with Crippen LogP contribution in [0.5, 0.6) is 0 Å². The number of carbonyl (C=O) groups excluding carboxylic acids is 3. The molecule has 0 aromatic rings.